The number of nitrogens with zero attached hydrogens (tertiary/aromatic N) is 1. The largest absolute Gasteiger partial charge is 0.487 e. The number of benzene rings is 2. The lowest BCUT2D eigenvalue weighted by Crippen LogP contribution is -1.98. The lowest BCUT2D eigenvalue weighted by atomic mass is 10.2. The van der Waals surface area contributed by atoms with Crippen LogP contribution < -0.4 is 4.74 Å². The highest BCUT2D eigenvalue weighted by atomic mass is 35.5. The smallest absolute Gasteiger partial charge is 0.138 e. The number of ether oxygens (including phenoxy) is 1. The Morgan fingerprint density at radius 1 is 1.21 bits per heavy atom. The van der Waals surface area contributed by atoms with Gasteiger partial charge in [0.15, 0.2) is 0 Å². The minimum atomic E-state index is 0.353. The van der Waals surface area contributed by atoms with E-state index in [1.54, 1.807) is 6.07 Å². The second-order valence-electron chi connectivity index (χ2n) is 3.83. The Morgan fingerprint density at radius 2 is 2.00 bits per heavy atom. The minimum absolute atomic E-state index is 0.353. The van der Waals surface area contributed by atoms with E-state index in [9.17, 15) is 5.26 Å². The molecule has 2 rings (SSSR count). The molecule has 0 saturated carbocycles. The van der Waals surface area contributed by atoms with Crippen LogP contribution in [-0.4, -0.2) is 6.26 Å². The van der Waals surface area contributed by atoms with Gasteiger partial charge in [0.25, 0.3) is 0 Å². The first-order valence-electron chi connectivity index (χ1n) is 5.69. The third-order valence-corrected chi connectivity index (χ3v) is 3.81. The molecule has 0 aliphatic carbocycles. The standard InChI is InChI=1S/C15H12ClNOS/c1-19-15-8-4-7-14(12(15)9-17)18-10-11-5-2-3-6-13(11)16/h2-8H,10H2,1H3. The van der Waals surface area contributed by atoms with Gasteiger partial charge in [0.2, 0.25) is 0 Å². The monoisotopic (exact) mass is 289 g/mol. The quantitative estimate of drug-likeness (QED) is 0.776. The van der Waals surface area contributed by atoms with Crippen LogP contribution >= 0.6 is 23.4 Å². The number of hydrogen-bond acceptors (Lipinski definition) is 3. The summed E-state index contributed by atoms with van der Waals surface area (Å²) in [5.41, 5.74) is 1.48. The van der Waals surface area contributed by atoms with E-state index in [1.807, 2.05) is 42.7 Å². The summed E-state index contributed by atoms with van der Waals surface area (Å²) in [6.45, 7) is 0.353. The molecule has 0 N–H and O–H groups in total. The highest BCUT2D eigenvalue weighted by Gasteiger charge is 2.09. The topological polar surface area (TPSA) is 33.0 Å². The molecule has 0 radical (unpaired) electrons. The van der Waals surface area contributed by atoms with Crippen molar-refractivity contribution in [3.05, 3.63) is 58.6 Å². The van der Waals surface area contributed by atoms with Crippen molar-refractivity contribution in [2.45, 2.75) is 11.5 Å². The third-order valence-electron chi connectivity index (χ3n) is 2.66. The third kappa shape index (κ3) is 3.23. The van der Waals surface area contributed by atoms with Crippen molar-refractivity contribution in [2.75, 3.05) is 6.26 Å². The van der Waals surface area contributed by atoms with E-state index in [4.69, 9.17) is 16.3 Å². The molecule has 0 amide bonds. The molecule has 0 saturated heterocycles. The zero-order valence-electron chi connectivity index (χ0n) is 10.4. The molecule has 0 atom stereocenters. The molecule has 96 valence electrons. The fourth-order valence-corrected chi connectivity index (χ4v) is 2.44. The van der Waals surface area contributed by atoms with Crippen LogP contribution in [0.2, 0.25) is 5.02 Å². The summed E-state index contributed by atoms with van der Waals surface area (Å²) in [6, 6.07) is 15.3. The van der Waals surface area contributed by atoms with Gasteiger partial charge in [-0.15, -0.1) is 11.8 Å². The van der Waals surface area contributed by atoms with Crippen LogP contribution in [0.5, 0.6) is 5.75 Å². The molecule has 0 heterocycles. The fraction of sp³-hybridized carbons (Fsp3) is 0.133. The van der Waals surface area contributed by atoms with E-state index < -0.39 is 0 Å². The van der Waals surface area contributed by atoms with Crippen molar-refractivity contribution in [1.82, 2.24) is 0 Å². The highest BCUT2D eigenvalue weighted by Crippen LogP contribution is 2.29. The summed E-state index contributed by atoms with van der Waals surface area (Å²) in [4.78, 5) is 0.916. The molecule has 0 fully saturated rings. The number of rotatable bonds is 4. The van der Waals surface area contributed by atoms with Crippen LogP contribution in [0.25, 0.3) is 0 Å². The Labute approximate surface area is 122 Å². The Morgan fingerprint density at radius 3 is 2.68 bits per heavy atom. The second-order valence-corrected chi connectivity index (χ2v) is 5.08. The summed E-state index contributed by atoms with van der Waals surface area (Å²) < 4.78 is 5.72. The maximum Gasteiger partial charge on any atom is 0.138 e. The summed E-state index contributed by atoms with van der Waals surface area (Å²) in [5, 5.41) is 9.88. The van der Waals surface area contributed by atoms with Gasteiger partial charge in [-0.05, 0) is 24.5 Å². The van der Waals surface area contributed by atoms with Crippen molar-refractivity contribution in [2.24, 2.45) is 0 Å². The van der Waals surface area contributed by atoms with Gasteiger partial charge in [-0.2, -0.15) is 5.26 Å². The van der Waals surface area contributed by atoms with Crippen LogP contribution in [0.1, 0.15) is 11.1 Å². The maximum atomic E-state index is 9.21. The van der Waals surface area contributed by atoms with Crippen molar-refractivity contribution in [3.63, 3.8) is 0 Å². The SMILES string of the molecule is CSc1cccc(OCc2ccccc2Cl)c1C#N. The van der Waals surface area contributed by atoms with E-state index >= 15 is 0 Å². The predicted octanol–water partition coefficient (Wildman–Crippen LogP) is 4.51. The zero-order valence-corrected chi connectivity index (χ0v) is 12.0. The summed E-state index contributed by atoms with van der Waals surface area (Å²) in [7, 11) is 0. The first-order chi connectivity index (χ1) is 9.26. The van der Waals surface area contributed by atoms with Gasteiger partial charge in [-0.1, -0.05) is 35.9 Å². The van der Waals surface area contributed by atoms with Gasteiger partial charge in [0, 0.05) is 15.5 Å². The molecule has 2 nitrogen and oxygen atoms in total. The van der Waals surface area contributed by atoms with Crippen LogP contribution in [-0.2, 0) is 6.61 Å². The molecular formula is C15H12ClNOS. The molecule has 19 heavy (non-hydrogen) atoms. The average Bonchev–Trinajstić information content (AvgIpc) is 2.45. The summed E-state index contributed by atoms with van der Waals surface area (Å²) >= 11 is 7.60. The molecule has 0 unspecified atom stereocenters. The van der Waals surface area contributed by atoms with E-state index in [2.05, 4.69) is 6.07 Å². The van der Waals surface area contributed by atoms with Gasteiger partial charge in [-0.25, -0.2) is 0 Å². The minimum Gasteiger partial charge on any atom is -0.487 e. The molecule has 0 aliphatic rings. The Bertz CT molecular complexity index is 622. The molecule has 0 spiro atoms. The first kappa shape index (κ1) is 13.8. The zero-order chi connectivity index (χ0) is 13.7. The van der Waals surface area contributed by atoms with Gasteiger partial charge < -0.3 is 4.74 Å². The van der Waals surface area contributed by atoms with Crippen molar-refractivity contribution < 1.29 is 4.74 Å². The summed E-state index contributed by atoms with van der Waals surface area (Å²) in [5.74, 6) is 0.592. The molecule has 0 bridgehead atoms. The van der Waals surface area contributed by atoms with E-state index in [-0.39, 0.29) is 0 Å². The number of thioether (sulfide) groups is 1. The lowest BCUT2D eigenvalue weighted by molar-refractivity contribution is 0.304. The van der Waals surface area contributed by atoms with Gasteiger partial charge >= 0.3 is 0 Å². The highest BCUT2D eigenvalue weighted by molar-refractivity contribution is 7.98. The van der Waals surface area contributed by atoms with Crippen LogP contribution in [0.4, 0.5) is 0 Å². The maximum absolute atomic E-state index is 9.21. The van der Waals surface area contributed by atoms with Crippen molar-refractivity contribution in [3.8, 4) is 11.8 Å². The molecule has 0 aliphatic heterocycles. The van der Waals surface area contributed by atoms with Crippen LogP contribution in [0.15, 0.2) is 47.4 Å². The van der Waals surface area contributed by atoms with E-state index in [0.29, 0.717) is 22.9 Å². The Hall–Kier alpha value is -1.63. The first-order valence-corrected chi connectivity index (χ1v) is 7.30. The van der Waals surface area contributed by atoms with Gasteiger partial charge in [0.05, 0.1) is 0 Å². The average molecular weight is 290 g/mol. The number of hydrogen-bond donors (Lipinski definition) is 0. The van der Waals surface area contributed by atoms with Crippen LogP contribution in [0, 0.1) is 11.3 Å². The molecule has 4 heteroatoms. The molecular weight excluding hydrogens is 278 g/mol. The summed E-state index contributed by atoms with van der Waals surface area (Å²) in [6.07, 6.45) is 1.94. The van der Waals surface area contributed by atoms with Crippen molar-refractivity contribution in [1.29, 1.82) is 5.26 Å². The van der Waals surface area contributed by atoms with Crippen LogP contribution in [0.3, 0.4) is 0 Å². The molecule has 2 aromatic carbocycles. The number of halogens is 1. The predicted molar refractivity (Wildman–Crippen MR) is 78.7 cm³/mol. The molecule has 2 aromatic rings. The van der Waals surface area contributed by atoms with Gasteiger partial charge in [0.1, 0.15) is 24.0 Å². The fourth-order valence-electron chi connectivity index (χ4n) is 1.68. The lowest BCUT2D eigenvalue weighted by Gasteiger charge is -2.10. The Balaban J connectivity index is 2.21. The normalized spacial score (nSPS) is 9.95. The Kier molecular flexibility index (Phi) is 4.73. The second kappa shape index (κ2) is 6.51. The van der Waals surface area contributed by atoms with E-state index in [1.165, 1.54) is 11.8 Å². The number of nitriles is 1. The van der Waals surface area contributed by atoms with Gasteiger partial charge in [-0.3, -0.25) is 0 Å². The van der Waals surface area contributed by atoms with Crippen molar-refractivity contribution >= 4 is 23.4 Å². The molecule has 0 aromatic heterocycles. The van der Waals surface area contributed by atoms with E-state index in [0.717, 1.165) is 10.5 Å².